The molecule has 0 radical (unpaired) electrons. The smallest absolute Gasteiger partial charge is 0.136 e. The SMILES string of the molecule is c1cc(-c2cc(-c3ccc4c(c3)oc3ccccc34)cc(-c3cc4ccccc4nn3)c2)cc(-c2cnc3c(ccc4cccnc43)c2)c1. The monoisotopic (exact) mass is 626 g/mol. The summed E-state index contributed by atoms with van der Waals surface area (Å²) >= 11 is 0. The van der Waals surface area contributed by atoms with Crippen molar-refractivity contribution in [1.82, 2.24) is 20.2 Å². The van der Waals surface area contributed by atoms with Crippen LogP contribution in [0.5, 0.6) is 0 Å². The highest BCUT2D eigenvalue weighted by atomic mass is 16.3. The first-order chi connectivity index (χ1) is 24.2. The third-order valence-electron chi connectivity index (χ3n) is 9.39. The Morgan fingerprint density at radius 1 is 0.388 bits per heavy atom. The van der Waals surface area contributed by atoms with E-state index >= 15 is 0 Å². The molecule has 5 nitrogen and oxygen atoms in total. The highest BCUT2D eigenvalue weighted by molar-refractivity contribution is 6.06. The molecular formula is C44H26N4O. The van der Waals surface area contributed by atoms with Crippen LogP contribution in [0.2, 0.25) is 0 Å². The maximum absolute atomic E-state index is 6.28. The average molecular weight is 627 g/mol. The van der Waals surface area contributed by atoms with E-state index in [-0.39, 0.29) is 0 Å². The predicted molar refractivity (Wildman–Crippen MR) is 199 cm³/mol. The molecule has 0 atom stereocenters. The Balaban J connectivity index is 1.12. The van der Waals surface area contributed by atoms with E-state index in [1.807, 2.05) is 54.9 Å². The van der Waals surface area contributed by atoms with Gasteiger partial charge in [-0.25, -0.2) is 0 Å². The molecule has 0 aliphatic heterocycles. The van der Waals surface area contributed by atoms with Crippen molar-refractivity contribution in [2.75, 3.05) is 0 Å². The number of aromatic nitrogens is 4. The maximum Gasteiger partial charge on any atom is 0.136 e. The Morgan fingerprint density at radius 3 is 2.04 bits per heavy atom. The van der Waals surface area contributed by atoms with Gasteiger partial charge in [0.15, 0.2) is 0 Å². The molecule has 6 aromatic carbocycles. The van der Waals surface area contributed by atoms with Crippen molar-refractivity contribution < 1.29 is 4.42 Å². The summed E-state index contributed by atoms with van der Waals surface area (Å²) in [6, 6.07) is 50.6. The molecule has 4 aromatic heterocycles. The topological polar surface area (TPSA) is 64.7 Å². The highest BCUT2D eigenvalue weighted by Gasteiger charge is 2.14. The highest BCUT2D eigenvalue weighted by Crippen LogP contribution is 2.37. The van der Waals surface area contributed by atoms with Crippen molar-refractivity contribution in [3.8, 4) is 44.6 Å². The van der Waals surface area contributed by atoms with Gasteiger partial charge in [0.05, 0.1) is 22.2 Å². The number of rotatable bonds is 4. The molecule has 0 saturated carbocycles. The van der Waals surface area contributed by atoms with Crippen LogP contribution in [0.15, 0.2) is 162 Å². The third-order valence-corrected chi connectivity index (χ3v) is 9.39. The summed E-state index contributed by atoms with van der Waals surface area (Å²) in [6.45, 7) is 0. The largest absolute Gasteiger partial charge is 0.456 e. The van der Waals surface area contributed by atoms with Gasteiger partial charge < -0.3 is 4.42 Å². The summed E-state index contributed by atoms with van der Waals surface area (Å²) in [4.78, 5) is 9.47. The number of hydrogen-bond acceptors (Lipinski definition) is 5. The number of pyridine rings is 2. The average Bonchev–Trinajstić information content (AvgIpc) is 3.55. The second-order valence-corrected chi connectivity index (χ2v) is 12.4. The quantitative estimate of drug-likeness (QED) is 0.182. The molecule has 0 N–H and O–H groups in total. The third kappa shape index (κ3) is 4.71. The standard InChI is InChI=1S/C44H26N4O/c1-3-12-39-31(7-1)24-40(48-47-39)35-22-33(21-34(23-35)30-16-17-38-37-11-2-4-13-41(37)49-42(38)25-30)28-8-5-9-29(19-28)36-20-32-15-14-27-10-6-18-45-43(27)44(32)46-26-36/h1-26H. The Bertz CT molecular complexity index is 2910. The van der Waals surface area contributed by atoms with E-state index in [4.69, 9.17) is 9.40 Å². The Morgan fingerprint density at radius 2 is 1.10 bits per heavy atom. The van der Waals surface area contributed by atoms with Crippen molar-refractivity contribution >= 4 is 54.6 Å². The minimum Gasteiger partial charge on any atom is -0.456 e. The Labute approximate surface area is 281 Å². The molecule has 10 aromatic rings. The van der Waals surface area contributed by atoms with Crippen LogP contribution in [0.4, 0.5) is 0 Å². The molecule has 5 heteroatoms. The van der Waals surface area contributed by atoms with Gasteiger partial charge in [-0.05, 0) is 94.5 Å². The van der Waals surface area contributed by atoms with Gasteiger partial charge in [-0.3, -0.25) is 9.97 Å². The summed E-state index contributed by atoms with van der Waals surface area (Å²) in [7, 11) is 0. The number of benzene rings is 6. The number of furan rings is 1. The van der Waals surface area contributed by atoms with Crippen molar-refractivity contribution in [3.05, 3.63) is 158 Å². The van der Waals surface area contributed by atoms with Crippen molar-refractivity contribution in [2.24, 2.45) is 0 Å². The fourth-order valence-electron chi connectivity index (χ4n) is 6.91. The van der Waals surface area contributed by atoms with Crippen LogP contribution in [-0.2, 0) is 0 Å². The van der Waals surface area contributed by atoms with Crippen LogP contribution in [0.1, 0.15) is 0 Å². The maximum atomic E-state index is 6.28. The van der Waals surface area contributed by atoms with Crippen LogP contribution in [0.3, 0.4) is 0 Å². The van der Waals surface area contributed by atoms with Crippen LogP contribution in [0.25, 0.3) is 99.3 Å². The molecule has 0 amide bonds. The van der Waals surface area contributed by atoms with Crippen molar-refractivity contribution in [1.29, 1.82) is 0 Å². The second kappa shape index (κ2) is 10.9. The summed E-state index contributed by atoms with van der Waals surface area (Å²) in [5.41, 5.74) is 12.7. The Hall–Kier alpha value is -6.72. The van der Waals surface area contributed by atoms with Crippen LogP contribution >= 0.6 is 0 Å². The van der Waals surface area contributed by atoms with E-state index in [9.17, 15) is 0 Å². The van der Waals surface area contributed by atoms with E-state index in [1.165, 1.54) is 0 Å². The molecular weight excluding hydrogens is 601 g/mol. The lowest BCUT2D eigenvalue weighted by Gasteiger charge is -2.12. The van der Waals surface area contributed by atoms with Crippen LogP contribution in [-0.4, -0.2) is 20.2 Å². The minimum absolute atomic E-state index is 0.822. The zero-order chi connectivity index (χ0) is 32.3. The van der Waals surface area contributed by atoms with E-state index in [0.717, 1.165) is 99.3 Å². The number of para-hydroxylation sites is 1. The molecule has 0 aliphatic rings. The first-order valence-electron chi connectivity index (χ1n) is 16.3. The second-order valence-electron chi connectivity index (χ2n) is 12.4. The zero-order valence-corrected chi connectivity index (χ0v) is 26.2. The number of hydrogen-bond donors (Lipinski definition) is 0. The summed E-state index contributed by atoms with van der Waals surface area (Å²) in [5, 5.41) is 14.6. The van der Waals surface area contributed by atoms with E-state index in [0.29, 0.717) is 0 Å². The molecule has 0 aliphatic carbocycles. The van der Waals surface area contributed by atoms with E-state index in [2.05, 4.69) is 118 Å². The molecule has 0 spiro atoms. The van der Waals surface area contributed by atoms with Crippen LogP contribution < -0.4 is 0 Å². The number of fused-ring (bicyclic) bond motifs is 7. The van der Waals surface area contributed by atoms with Gasteiger partial charge in [-0.1, -0.05) is 78.9 Å². The predicted octanol–water partition coefficient (Wildman–Crippen LogP) is 11.3. The summed E-state index contributed by atoms with van der Waals surface area (Å²) < 4.78 is 6.28. The fourth-order valence-corrected chi connectivity index (χ4v) is 6.91. The lowest BCUT2D eigenvalue weighted by Crippen LogP contribution is -1.92. The van der Waals surface area contributed by atoms with Gasteiger partial charge in [0, 0.05) is 50.5 Å². The molecule has 0 saturated heterocycles. The zero-order valence-electron chi connectivity index (χ0n) is 26.2. The Kier molecular flexibility index (Phi) is 6.11. The van der Waals surface area contributed by atoms with E-state index < -0.39 is 0 Å². The molecule has 228 valence electrons. The van der Waals surface area contributed by atoms with Gasteiger partial charge in [-0.2, -0.15) is 0 Å². The molecule has 4 heterocycles. The summed E-state index contributed by atoms with van der Waals surface area (Å²) in [6.07, 6.45) is 3.77. The normalized spacial score (nSPS) is 11.7. The van der Waals surface area contributed by atoms with Gasteiger partial charge in [0.1, 0.15) is 11.2 Å². The lowest BCUT2D eigenvalue weighted by molar-refractivity contribution is 0.669. The van der Waals surface area contributed by atoms with Crippen molar-refractivity contribution in [3.63, 3.8) is 0 Å². The summed E-state index contributed by atoms with van der Waals surface area (Å²) in [5.74, 6) is 0. The molecule has 0 unspecified atom stereocenters. The number of nitrogens with zero attached hydrogens (tertiary/aromatic N) is 4. The van der Waals surface area contributed by atoms with Gasteiger partial charge in [-0.15, -0.1) is 10.2 Å². The van der Waals surface area contributed by atoms with Gasteiger partial charge in [0.25, 0.3) is 0 Å². The van der Waals surface area contributed by atoms with Crippen molar-refractivity contribution in [2.45, 2.75) is 0 Å². The fraction of sp³-hybridized carbons (Fsp3) is 0. The van der Waals surface area contributed by atoms with Gasteiger partial charge in [0.2, 0.25) is 0 Å². The molecule has 0 fully saturated rings. The lowest BCUT2D eigenvalue weighted by atomic mass is 9.93. The van der Waals surface area contributed by atoms with E-state index in [1.54, 1.807) is 0 Å². The molecule has 49 heavy (non-hydrogen) atoms. The van der Waals surface area contributed by atoms with Gasteiger partial charge >= 0.3 is 0 Å². The molecule has 10 rings (SSSR count). The first kappa shape index (κ1) is 27.4. The molecule has 0 bridgehead atoms. The van der Waals surface area contributed by atoms with Crippen LogP contribution in [0, 0.1) is 0 Å². The first-order valence-corrected chi connectivity index (χ1v) is 16.3. The minimum atomic E-state index is 0.822.